The standard InChI is InChI=1S/C18H19OP/c1-15(2)18(19)13-14-20(16-9-5-3-6-10-16)17-11-7-4-8-12-17/h3-12H,1,13-14H2,2H3. The first-order chi connectivity index (χ1) is 9.68. The number of carbonyl (C=O) groups excluding carboxylic acids is 1. The monoisotopic (exact) mass is 282 g/mol. The molecular formula is C18H19OP. The Bertz CT molecular complexity index is 535. The molecule has 0 unspecified atom stereocenters. The molecule has 20 heavy (non-hydrogen) atoms. The van der Waals surface area contributed by atoms with E-state index in [0.717, 1.165) is 6.16 Å². The normalized spacial score (nSPS) is 10.5. The van der Waals surface area contributed by atoms with Crippen molar-refractivity contribution < 1.29 is 4.79 Å². The molecule has 1 nitrogen and oxygen atoms in total. The fourth-order valence-electron chi connectivity index (χ4n) is 2.05. The molecule has 2 heteroatoms. The van der Waals surface area contributed by atoms with Gasteiger partial charge in [0, 0.05) is 6.42 Å². The van der Waals surface area contributed by atoms with Crippen molar-refractivity contribution in [1.29, 1.82) is 0 Å². The molecule has 0 bridgehead atoms. The number of carbonyl (C=O) groups is 1. The van der Waals surface area contributed by atoms with Crippen LogP contribution in [-0.4, -0.2) is 11.9 Å². The van der Waals surface area contributed by atoms with Gasteiger partial charge in [0.25, 0.3) is 0 Å². The Labute approximate surface area is 122 Å². The van der Waals surface area contributed by atoms with E-state index in [0.29, 0.717) is 12.0 Å². The maximum atomic E-state index is 11.8. The van der Waals surface area contributed by atoms with Crippen LogP contribution in [0.3, 0.4) is 0 Å². The minimum absolute atomic E-state index is 0.171. The summed E-state index contributed by atoms with van der Waals surface area (Å²) in [5.74, 6) is 0.171. The van der Waals surface area contributed by atoms with Crippen molar-refractivity contribution in [2.24, 2.45) is 0 Å². The molecule has 0 saturated heterocycles. The maximum Gasteiger partial charge on any atom is 0.158 e. The molecule has 2 rings (SSSR count). The third-order valence-electron chi connectivity index (χ3n) is 3.17. The van der Waals surface area contributed by atoms with E-state index >= 15 is 0 Å². The van der Waals surface area contributed by atoms with E-state index in [9.17, 15) is 4.79 Å². The topological polar surface area (TPSA) is 17.1 Å². The summed E-state index contributed by atoms with van der Waals surface area (Å²) in [5.41, 5.74) is 0.654. The molecule has 0 fully saturated rings. The van der Waals surface area contributed by atoms with Crippen molar-refractivity contribution in [3.63, 3.8) is 0 Å². The van der Waals surface area contributed by atoms with Gasteiger partial charge in [-0.15, -0.1) is 0 Å². The number of hydrogen-bond acceptors (Lipinski definition) is 1. The summed E-state index contributed by atoms with van der Waals surface area (Å²) >= 11 is 0. The highest BCUT2D eigenvalue weighted by molar-refractivity contribution is 7.73. The van der Waals surface area contributed by atoms with Crippen LogP contribution < -0.4 is 10.6 Å². The van der Waals surface area contributed by atoms with E-state index in [4.69, 9.17) is 0 Å². The average Bonchev–Trinajstić information content (AvgIpc) is 2.49. The highest BCUT2D eigenvalue weighted by atomic mass is 31.1. The Hall–Kier alpha value is -1.72. The number of rotatable bonds is 6. The van der Waals surface area contributed by atoms with Gasteiger partial charge in [0.05, 0.1) is 0 Å². The van der Waals surface area contributed by atoms with E-state index in [1.807, 2.05) is 12.1 Å². The Balaban J connectivity index is 2.22. The van der Waals surface area contributed by atoms with Gasteiger partial charge in [-0.25, -0.2) is 0 Å². The number of Topliss-reactive ketones (excluding diaryl/α,β-unsaturated/α-hetero) is 1. The second-order valence-electron chi connectivity index (χ2n) is 4.78. The van der Waals surface area contributed by atoms with E-state index < -0.39 is 7.92 Å². The summed E-state index contributed by atoms with van der Waals surface area (Å²) in [6.45, 7) is 5.52. The van der Waals surface area contributed by atoms with Crippen molar-refractivity contribution in [3.05, 3.63) is 72.8 Å². The van der Waals surface area contributed by atoms with Crippen LogP contribution in [0, 0.1) is 0 Å². The molecule has 2 aromatic rings. The van der Waals surface area contributed by atoms with E-state index in [2.05, 4.69) is 55.1 Å². The number of benzene rings is 2. The molecule has 0 heterocycles. The summed E-state index contributed by atoms with van der Waals surface area (Å²) in [5, 5.41) is 2.64. The van der Waals surface area contributed by atoms with Gasteiger partial charge in [-0.1, -0.05) is 67.2 Å². The summed E-state index contributed by atoms with van der Waals surface area (Å²) in [4.78, 5) is 11.8. The smallest absolute Gasteiger partial charge is 0.158 e. The molecule has 0 N–H and O–H groups in total. The van der Waals surface area contributed by atoms with E-state index in [-0.39, 0.29) is 5.78 Å². The van der Waals surface area contributed by atoms with Gasteiger partial charge >= 0.3 is 0 Å². The van der Waals surface area contributed by atoms with Crippen molar-refractivity contribution in [2.75, 3.05) is 6.16 Å². The van der Waals surface area contributed by atoms with Gasteiger partial charge in [0.15, 0.2) is 5.78 Å². The Morgan fingerprint density at radius 1 is 0.950 bits per heavy atom. The zero-order chi connectivity index (χ0) is 14.4. The fraction of sp³-hybridized carbons (Fsp3) is 0.167. The lowest BCUT2D eigenvalue weighted by Gasteiger charge is -2.18. The van der Waals surface area contributed by atoms with Crippen molar-refractivity contribution in [2.45, 2.75) is 13.3 Å². The molecule has 0 spiro atoms. The van der Waals surface area contributed by atoms with Gasteiger partial charge in [0.1, 0.15) is 0 Å². The predicted octanol–water partition coefficient (Wildman–Crippen LogP) is 3.65. The summed E-state index contributed by atoms with van der Waals surface area (Å²) in [6, 6.07) is 20.9. The average molecular weight is 282 g/mol. The molecule has 2 aromatic carbocycles. The molecule has 0 aliphatic rings. The van der Waals surface area contributed by atoms with Crippen LogP contribution in [0.5, 0.6) is 0 Å². The van der Waals surface area contributed by atoms with Crippen molar-refractivity contribution >= 4 is 24.3 Å². The Morgan fingerprint density at radius 3 is 1.80 bits per heavy atom. The maximum absolute atomic E-state index is 11.8. The lowest BCUT2D eigenvalue weighted by Crippen LogP contribution is -2.15. The minimum Gasteiger partial charge on any atom is -0.295 e. The number of allylic oxidation sites excluding steroid dienone is 1. The summed E-state index contributed by atoms with van der Waals surface area (Å²) < 4.78 is 0. The molecule has 0 aromatic heterocycles. The van der Waals surface area contributed by atoms with Crippen LogP contribution in [0.15, 0.2) is 72.8 Å². The quantitative estimate of drug-likeness (QED) is 0.584. The van der Waals surface area contributed by atoms with Crippen molar-refractivity contribution in [1.82, 2.24) is 0 Å². The molecule has 0 aliphatic carbocycles. The van der Waals surface area contributed by atoms with Gasteiger partial charge in [-0.3, -0.25) is 4.79 Å². The van der Waals surface area contributed by atoms with Crippen molar-refractivity contribution in [3.8, 4) is 0 Å². The second kappa shape index (κ2) is 7.17. The highest BCUT2D eigenvalue weighted by Gasteiger charge is 2.15. The first-order valence-corrected chi connectivity index (χ1v) is 8.27. The van der Waals surface area contributed by atoms with Crippen LogP contribution in [0.4, 0.5) is 0 Å². The molecule has 0 amide bonds. The minimum atomic E-state index is -0.470. The molecule has 0 aliphatic heterocycles. The predicted molar refractivity (Wildman–Crippen MR) is 88.4 cm³/mol. The number of hydrogen-bond donors (Lipinski definition) is 0. The van der Waals surface area contributed by atoms with Gasteiger partial charge in [0.2, 0.25) is 0 Å². The van der Waals surface area contributed by atoms with Crippen LogP contribution in [-0.2, 0) is 4.79 Å². The Morgan fingerprint density at radius 2 is 1.40 bits per heavy atom. The molecular weight excluding hydrogens is 263 g/mol. The van der Waals surface area contributed by atoms with Crippen LogP contribution in [0.25, 0.3) is 0 Å². The molecule has 0 saturated carbocycles. The third-order valence-corrected chi connectivity index (χ3v) is 5.69. The highest BCUT2D eigenvalue weighted by Crippen LogP contribution is 2.34. The van der Waals surface area contributed by atoms with E-state index in [1.54, 1.807) is 6.92 Å². The number of ketones is 1. The fourth-order valence-corrected chi connectivity index (χ4v) is 4.36. The lowest BCUT2D eigenvalue weighted by atomic mass is 10.2. The van der Waals surface area contributed by atoms with Gasteiger partial charge in [-0.2, -0.15) is 0 Å². The third kappa shape index (κ3) is 3.88. The van der Waals surface area contributed by atoms with Gasteiger partial charge < -0.3 is 0 Å². The zero-order valence-corrected chi connectivity index (χ0v) is 12.6. The molecule has 0 radical (unpaired) electrons. The first-order valence-electron chi connectivity index (χ1n) is 6.75. The van der Waals surface area contributed by atoms with Crippen LogP contribution >= 0.6 is 7.92 Å². The van der Waals surface area contributed by atoms with Gasteiger partial charge in [-0.05, 0) is 37.2 Å². The Kier molecular flexibility index (Phi) is 5.26. The van der Waals surface area contributed by atoms with Crippen LogP contribution in [0.2, 0.25) is 0 Å². The first kappa shape index (κ1) is 14.7. The van der Waals surface area contributed by atoms with E-state index in [1.165, 1.54) is 10.6 Å². The van der Waals surface area contributed by atoms with Crippen LogP contribution in [0.1, 0.15) is 13.3 Å². The zero-order valence-electron chi connectivity index (χ0n) is 11.8. The summed E-state index contributed by atoms with van der Waals surface area (Å²) in [7, 11) is -0.470. The molecule has 102 valence electrons. The largest absolute Gasteiger partial charge is 0.295 e. The SMILES string of the molecule is C=C(C)C(=O)CCP(c1ccccc1)c1ccccc1. The lowest BCUT2D eigenvalue weighted by molar-refractivity contribution is -0.115. The summed E-state index contributed by atoms with van der Waals surface area (Å²) in [6.07, 6.45) is 1.46. The molecule has 0 atom stereocenters. The second-order valence-corrected chi connectivity index (χ2v) is 7.11.